The molecule has 0 aliphatic rings. The first-order valence-electron chi connectivity index (χ1n) is 7.42. The van der Waals surface area contributed by atoms with Gasteiger partial charge in [-0.2, -0.15) is 0 Å². The van der Waals surface area contributed by atoms with Gasteiger partial charge in [-0.1, -0.05) is 6.92 Å². The number of carbonyl (C=O) groups excluding carboxylic acids is 2. The molecule has 0 radical (unpaired) electrons. The molecule has 128 valence electrons. The Bertz CT molecular complexity index is 571. The minimum absolute atomic E-state index is 0.0711. The predicted octanol–water partition coefficient (Wildman–Crippen LogP) is 2.63. The predicted molar refractivity (Wildman–Crippen MR) is 83.8 cm³/mol. The quantitative estimate of drug-likeness (QED) is 0.778. The number of hydrogen-bond donors (Lipinski definition) is 3. The lowest BCUT2D eigenvalue weighted by molar-refractivity contribution is -0.121. The van der Waals surface area contributed by atoms with Crippen molar-refractivity contribution in [2.24, 2.45) is 0 Å². The lowest BCUT2D eigenvalue weighted by atomic mass is 10.0. The third kappa shape index (κ3) is 6.63. The summed E-state index contributed by atoms with van der Waals surface area (Å²) < 4.78 is 27.0. The Morgan fingerprint density at radius 2 is 1.87 bits per heavy atom. The van der Waals surface area contributed by atoms with Gasteiger partial charge in [0.05, 0.1) is 12.6 Å². The number of amides is 3. The van der Waals surface area contributed by atoms with E-state index < -0.39 is 29.2 Å². The second-order valence-electron chi connectivity index (χ2n) is 6.25. The maximum Gasteiger partial charge on any atom is 0.315 e. The van der Waals surface area contributed by atoms with Gasteiger partial charge in [-0.15, -0.1) is 0 Å². The molecule has 7 heteroatoms. The van der Waals surface area contributed by atoms with E-state index in [2.05, 4.69) is 16.0 Å². The maximum absolute atomic E-state index is 13.8. The monoisotopic (exact) mass is 327 g/mol. The highest BCUT2D eigenvalue weighted by Crippen LogP contribution is 2.20. The summed E-state index contributed by atoms with van der Waals surface area (Å²) in [6.07, 6.45) is 0.377. The molecule has 0 spiro atoms. The van der Waals surface area contributed by atoms with Gasteiger partial charge in [0.2, 0.25) is 5.91 Å². The molecule has 1 aromatic rings. The van der Waals surface area contributed by atoms with Crippen LogP contribution >= 0.6 is 0 Å². The van der Waals surface area contributed by atoms with Crippen LogP contribution in [0.4, 0.5) is 13.6 Å². The van der Waals surface area contributed by atoms with E-state index in [1.165, 1.54) is 0 Å². The Labute approximate surface area is 134 Å². The first-order valence-corrected chi connectivity index (χ1v) is 7.42. The highest BCUT2D eigenvalue weighted by Gasteiger charge is 2.18. The number of rotatable bonds is 5. The molecule has 0 aromatic heterocycles. The molecule has 3 N–H and O–H groups in total. The smallest absolute Gasteiger partial charge is 0.315 e. The van der Waals surface area contributed by atoms with Crippen LogP contribution < -0.4 is 16.0 Å². The first-order chi connectivity index (χ1) is 10.6. The Morgan fingerprint density at radius 3 is 2.43 bits per heavy atom. The molecule has 23 heavy (non-hydrogen) atoms. The molecule has 1 atom stereocenters. The van der Waals surface area contributed by atoms with Crippen molar-refractivity contribution >= 4 is 11.9 Å². The van der Waals surface area contributed by atoms with Crippen molar-refractivity contribution in [2.45, 2.75) is 45.7 Å². The van der Waals surface area contributed by atoms with E-state index >= 15 is 0 Å². The second kappa shape index (κ2) is 7.89. The highest BCUT2D eigenvalue weighted by atomic mass is 19.1. The van der Waals surface area contributed by atoms with Crippen LogP contribution in [0.5, 0.6) is 0 Å². The summed E-state index contributed by atoms with van der Waals surface area (Å²) in [5.74, 6) is -1.51. The second-order valence-corrected chi connectivity index (χ2v) is 6.25. The van der Waals surface area contributed by atoms with E-state index in [4.69, 9.17) is 0 Å². The Kier molecular flexibility index (Phi) is 6.48. The van der Waals surface area contributed by atoms with Gasteiger partial charge in [-0.25, -0.2) is 13.6 Å². The summed E-state index contributed by atoms with van der Waals surface area (Å²) in [5, 5.41) is 7.63. The fourth-order valence-electron chi connectivity index (χ4n) is 2.01. The van der Waals surface area contributed by atoms with Crippen molar-refractivity contribution < 1.29 is 18.4 Å². The van der Waals surface area contributed by atoms with Crippen LogP contribution in [-0.4, -0.2) is 24.0 Å². The van der Waals surface area contributed by atoms with Crippen molar-refractivity contribution in [2.75, 3.05) is 6.54 Å². The number of hydrogen-bond acceptors (Lipinski definition) is 2. The van der Waals surface area contributed by atoms with Crippen molar-refractivity contribution in [3.8, 4) is 0 Å². The zero-order valence-electron chi connectivity index (χ0n) is 13.8. The van der Waals surface area contributed by atoms with Gasteiger partial charge in [0, 0.05) is 11.1 Å². The van der Waals surface area contributed by atoms with E-state index in [9.17, 15) is 18.4 Å². The van der Waals surface area contributed by atoms with Crippen LogP contribution in [0.25, 0.3) is 0 Å². The molecule has 0 heterocycles. The minimum Gasteiger partial charge on any atom is -0.350 e. The summed E-state index contributed by atoms with van der Waals surface area (Å²) in [4.78, 5) is 23.5. The molecular weight excluding hydrogens is 304 g/mol. The Balaban J connectivity index is 2.61. The van der Waals surface area contributed by atoms with Crippen LogP contribution in [0.2, 0.25) is 0 Å². The average molecular weight is 327 g/mol. The molecule has 0 aliphatic heterocycles. The van der Waals surface area contributed by atoms with Crippen LogP contribution in [0.1, 0.15) is 45.7 Å². The fraction of sp³-hybridized carbons (Fsp3) is 0.500. The maximum atomic E-state index is 13.8. The molecule has 0 saturated heterocycles. The normalized spacial score (nSPS) is 12.4. The number of halogens is 2. The highest BCUT2D eigenvalue weighted by molar-refractivity contribution is 5.84. The van der Waals surface area contributed by atoms with E-state index in [0.29, 0.717) is 6.42 Å². The largest absolute Gasteiger partial charge is 0.350 e. The average Bonchev–Trinajstić information content (AvgIpc) is 2.43. The van der Waals surface area contributed by atoms with Crippen LogP contribution in [0.3, 0.4) is 0 Å². The zero-order valence-corrected chi connectivity index (χ0v) is 13.8. The van der Waals surface area contributed by atoms with E-state index in [0.717, 1.165) is 18.2 Å². The van der Waals surface area contributed by atoms with E-state index in [1.54, 1.807) is 6.92 Å². The number of carbonyl (C=O) groups is 2. The standard InChI is InChI=1S/C16H23F2N3O2/c1-5-13(11-8-10(17)6-7-12(11)18)20-15(23)19-9-14(22)21-16(2,3)4/h6-8,13H,5,9H2,1-4H3,(H,21,22)(H2,19,20,23)/t13-/m1/s1. The van der Waals surface area contributed by atoms with Gasteiger partial charge in [0.1, 0.15) is 11.6 Å². The summed E-state index contributed by atoms with van der Waals surface area (Å²) in [7, 11) is 0. The molecule has 0 fully saturated rings. The number of nitrogens with one attached hydrogen (secondary N) is 3. The van der Waals surface area contributed by atoms with Gasteiger partial charge in [0.15, 0.2) is 0 Å². The van der Waals surface area contributed by atoms with Gasteiger partial charge >= 0.3 is 6.03 Å². The Morgan fingerprint density at radius 1 is 1.22 bits per heavy atom. The van der Waals surface area contributed by atoms with Crippen LogP contribution in [0, 0.1) is 11.6 Å². The topological polar surface area (TPSA) is 70.2 Å². The molecular formula is C16H23F2N3O2. The van der Waals surface area contributed by atoms with Gasteiger partial charge in [-0.05, 0) is 45.4 Å². The molecule has 0 aliphatic carbocycles. The molecule has 5 nitrogen and oxygen atoms in total. The van der Waals surface area contributed by atoms with E-state index in [1.807, 2.05) is 20.8 Å². The minimum atomic E-state index is -0.684. The third-order valence-electron chi connectivity index (χ3n) is 2.97. The van der Waals surface area contributed by atoms with Gasteiger partial charge in [0.25, 0.3) is 0 Å². The van der Waals surface area contributed by atoms with Crippen LogP contribution in [-0.2, 0) is 4.79 Å². The molecule has 1 rings (SSSR count). The fourth-order valence-corrected chi connectivity index (χ4v) is 2.01. The summed E-state index contributed by atoms with van der Waals surface area (Å²) in [6.45, 7) is 7.01. The summed E-state index contributed by atoms with van der Waals surface area (Å²) in [5.41, 5.74) is -0.326. The molecule has 1 aromatic carbocycles. The number of urea groups is 1. The van der Waals surface area contributed by atoms with Gasteiger partial charge < -0.3 is 16.0 Å². The summed E-state index contributed by atoms with van der Waals surface area (Å²) >= 11 is 0. The molecule has 0 unspecified atom stereocenters. The van der Waals surface area contributed by atoms with Crippen LogP contribution in [0.15, 0.2) is 18.2 Å². The summed E-state index contributed by atoms with van der Waals surface area (Å²) in [6, 6.07) is 1.78. The van der Waals surface area contributed by atoms with Crippen molar-refractivity contribution in [3.63, 3.8) is 0 Å². The third-order valence-corrected chi connectivity index (χ3v) is 2.97. The van der Waals surface area contributed by atoms with Gasteiger partial charge in [-0.3, -0.25) is 4.79 Å². The number of benzene rings is 1. The first kappa shape index (κ1) is 18.9. The lowest BCUT2D eigenvalue weighted by Gasteiger charge is -2.21. The van der Waals surface area contributed by atoms with Crippen molar-refractivity contribution in [1.82, 2.24) is 16.0 Å². The molecule has 0 saturated carbocycles. The molecule has 0 bridgehead atoms. The van der Waals surface area contributed by atoms with Crippen molar-refractivity contribution in [3.05, 3.63) is 35.4 Å². The molecule has 3 amide bonds. The lowest BCUT2D eigenvalue weighted by Crippen LogP contribution is -2.48. The van der Waals surface area contributed by atoms with E-state index in [-0.39, 0.29) is 18.0 Å². The Hall–Kier alpha value is -2.18. The van der Waals surface area contributed by atoms with Crippen molar-refractivity contribution in [1.29, 1.82) is 0 Å². The SMILES string of the molecule is CC[C@@H](NC(=O)NCC(=O)NC(C)(C)C)c1cc(F)ccc1F. The zero-order chi connectivity index (χ0) is 17.6.